The quantitative estimate of drug-likeness (QED) is 0.588. The maximum absolute atomic E-state index is 12.6. The second kappa shape index (κ2) is 6.86. The Morgan fingerprint density at radius 2 is 2.12 bits per heavy atom. The first kappa shape index (κ1) is 17.7. The number of rotatable bonds is 7. The standard InChI is InChI=1S/C12H13F2N5O4S/c1-8(5-18-7-15-6-16-18)17-10-3-2-9(4-11(10)19(20)21)24(22,23)12(13)14/h2-4,6-8,12,17H,5H2,1H3. The average Bonchev–Trinajstić information content (AvgIpc) is 2.99. The first-order valence-corrected chi connectivity index (χ1v) is 8.16. The summed E-state index contributed by atoms with van der Waals surface area (Å²) >= 11 is 0. The van der Waals surface area contributed by atoms with Crippen LogP contribution in [0.5, 0.6) is 0 Å². The number of anilines is 1. The van der Waals surface area contributed by atoms with Crippen LogP contribution >= 0.6 is 0 Å². The average molecular weight is 361 g/mol. The van der Waals surface area contributed by atoms with E-state index >= 15 is 0 Å². The van der Waals surface area contributed by atoms with Gasteiger partial charge in [0, 0.05) is 12.1 Å². The van der Waals surface area contributed by atoms with Crippen LogP contribution in [0.1, 0.15) is 6.92 Å². The lowest BCUT2D eigenvalue weighted by atomic mass is 10.2. The molecule has 0 aliphatic carbocycles. The van der Waals surface area contributed by atoms with Crippen molar-refractivity contribution in [2.75, 3.05) is 5.32 Å². The number of aromatic nitrogens is 3. The van der Waals surface area contributed by atoms with Gasteiger partial charge < -0.3 is 5.32 Å². The molecule has 1 heterocycles. The van der Waals surface area contributed by atoms with Crippen molar-refractivity contribution in [3.8, 4) is 0 Å². The third kappa shape index (κ3) is 3.82. The minimum Gasteiger partial charge on any atom is -0.375 e. The minimum absolute atomic E-state index is 0.0147. The number of sulfone groups is 1. The van der Waals surface area contributed by atoms with Crippen LogP contribution in [-0.2, 0) is 16.4 Å². The van der Waals surface area contributed by atoms with Crippen molar-refractivity contribution < 1.29 is 22.1 Å². The van der Waals surface area contributed by atoms with E-state index in [0.29, 0.717) is 12.6 Å². The van der Waals surface area contributed by atoms with E-state index in [4.69, 9.17) is 0 Å². The zero-order valence-corrected chi connectivity index (χ0v) is 13.2. The van der Waals surface area contributed by atoms with Crippen LogP contribution in [-0.4, -0.2) is 39.9 Å². The lowest BCUT2D eigenvalue weighted by Crippen LogP contribution is -2.23. The molecule has 130 valence electrons. The van der Waals surface area contributed by atoms with Crippen LogP contribution in [0.2, 0.25) is 0 Å². The van der Waals surface area contributed by atoms with Crippen molar-refractivity contribution in [1.82, 2.24) is 14.8 Å². The molecule has 24 heavy (non-hydrogen) atoms. The summed E-state index contributed by atoms with van der Waals surface area (Å²) in [7, 11) is -4.91. The van der Waals surface area contributed by atoms with Crippen LogP contribution in [0, 0.1) is 10.1 Å². The van der Waals surface area contributed by atoms with E-state index in [9.17, 15) is 27.3 Å². The highest BCUT2D eigenvalue weighted by Gasteiger charge is 2.29. The fourth-order valence-corrected chi connectivity index (χ4v) is 2.72. The van der Waals surface area contributed by atoms with Crippen molar-refractivity contribution in [3.63, 3.8) is 0 Å². The van der Waals surface area contributed by atoms with Crippen LogP contribution in [0.25, 0.3) is 0 Å². The van der Waals surface area contributed by atoms with E-state index in [1.807, 2.05) is 0 Å². The van der Waals surface area contributed by atoms with Crippen molar-refractivity contribution in [2.45, 2.75) is 30.2 Å². The number of hydrogen-bond donors (Lipinski definition) is 1. The van der Waals surface area contributed by atoms with Gasteiger partial charge in [-0.3, -0.25) is 14.8 Å². The number of alkyl halides is 2. The van der Waals surface area contributed by atoms with Gasteiger partial charge in [0.1, 0.15) is 18.3 Å². The van der Waals surface area contributed by atoms with Gasteiger partial charge >= 0.3 is 5.76 Å². The molecular weight excluding hydrogens is 348 g/mol. The zero-order valence-electron chi connectivity index (χ0n) is 12.3. The maximum Gasteiger partial charge on any atom is 0.341 e. The Labute approximate surface area is 135 Å². The van der Waals surface area contributed by atoms with Crippen molar-refractivity contribution in [1.29, 1.82) is 0 Å². The number of nitrogens with zero attached hydrogens (tertiary/aromatic N) is 4. The highest BCUT2D eigenvalue weighted by Crippen LogP contribution is 2.30. The Morgan fingerprint density at radius 3 is 2.67 bits per heavy atom. The van der Waals surface area contributed by atoms with Gasteiger partial charge in [0.05, 0.1) is 16.4 Å². The lowest BCUT2D eigenvalue weighted by Gasteiger charge is -2.15. The molecule has 1 aromatic carbocycles. The first-order chi connectivity index (χ1) is 11.2. The van der Waals surface area contributed by atoms with E-state index < -0.39 is 31.1 Å². The number of hydrogen-bond acceptors (Lipinski definition) is 7. The van der Waals surface area contributed by atoms with E-state index in [1.165, 1.54) is 17.3 Å². The Morgan fingerprint density at radius 1 is 1.42 bits per heavy atom. The van der Waals surface area contributed by atoms with Gasteiger partial charge in [-0.05, 0) is 19.1 Å². The summed E-state index contributed by atoms with van der Waals surface area (Å²) in [5, 5.41) is 17.8. The van der Waals surface area contributed by atoms with Crippen LogP contribution < -0.4 is 5.32 Å². The highest BCUT2D eigenvalue weighted by atomic mass is 32.2. The molecule has 0 amide bonds. The topological polar surface area (TPSA) is 120 Å². The molecule has 2 aromatic rings. The molecule has 9 nitrogen and oxygen atoms in total. The van der Waals surface area contributed by atoms with Crippen molar-refractivity contribution in [3.05, 3.63) is 41.0 Å². The van der Waals surface area contributed by atoms with Gasteiger partial charge in [-0.25, -0.2) is 13.4 Å². The number of benzene rings is 1. The molecule has 0 saturated heterocycles. The SMILES string of the molecule is CC(Cn1cncn1)Nc1ccc(S(=O)(=O)C(F)F)cc1[N+](=O)[O-]. The summed E-state index contributed by atoms with van der Waals surface area (Å²) < 4.78 is 49.5. The van der Waals surface area contributed by atoms with Crippen LogP contribution in [0.15, 0.2) is 35.7 Å². The van der Waals surface area contributed by atoms with Crippen LogP contribution in [0.4, 0.5) is 20.2 Å². The summed E-state index contributed by atoms with van der Waals surface area (Å²) in [6, 6.07) is 2.29. The summed E-state index contributed by atoms with van der Waals surface area (Å²) in [6.07, 6.45) is 2.80. The highest BCUT2D eigenvalue weighted by molar-refractivity contribution is 7.91. The van der Waals surface area contributed by atoms with Gasteiger partial charge in [-0.2, -0.15) is 13.9 Å². The Bertz CT molecular complexity index is 826. The third-order valence-electron chi connectivity index (χ3n) is 3.06. The molecule has 1 unspecified atom stereocenters. The minimum atomic E-state index is -4.91. The maximum atomic E-state index is 12.6. The van der Waals surface area contributed by atoms with Gasteiger partial charge in [-0.1, -0.05) is 0 Å². The molecule has 0 aliphatic heterocycles. The summed E-state index contributed by atoms with van der Waals surface area (Å²) in [6.45, 7) is 2.06. The normalized spacial score (nSPS) is 13.0. The monoisotopic (exact) mass is 361 g/mol. The number of nitrogens with one attached hydrogen (secondary N) is 1. The smallest absolute Gasteiger partial charge is 0.341 e. The Kier molecular flexibility index (Phi) is 5.07. The van der Waals surface area contributed by atoms with Gasteiger partial charge in [0.2, 0.25) is 9.84 Å². The predicted octanol–water partition coefficient (Wildman–Crippen LogP) is 1.68. The largest absolute Gasteiger partial charge is 0.375 e. The molecule has 0 saturated carbocycles. The van der Waals surface area contributed by atoms with E-state index in [1.54, 1.807) is 6.92 Å². The number of nitro groups is 1. The van der Waals surface area contributed by atoms with Crippen molar-refractivity contribution >= 4 is 21.2 Å². The fraction of sp³-hybridized carbons (Fsp3) is 0.333. The Hall–Kier alpha value is -2.63. The second-order valence-electron chi connectivity index (χ2n) is 4.90. The van der Waals surface area contributed by atoms with E-state index in [0.717, 1.165) is 12.1 Å². The third-order valence-corrected chi connectivity index (χ3v) is 4.44. The molecule has 1 N–H and O–H groups in total. The van der Waals surface area contributed by atoms with E-state index in [2.05, 4.69) is 15.4 Å². The zero-order chi connectivity index (χ0) is 17.9. The molecular formula is C12H13F2N5O4S. The molecule has 1 aromatic heterocycles. The summed E-state index contributed by atoms with van der Waals surface area (Å²) in [4.78, 5) is 13.2. The van der Waals surface area contributed by atoms with Crippen molar-refractivity contribution in [2.24, 2.45) is 0 Å². The summed E-state index contributed by atoms with van der Waals surface area (Å²) in [5.41, 5.74) is -0.594. The fourth-order valence-electron chi connectivity index (χ4n) is 1.98. The van der Waals surface area contributed by atoms with Gasteiger partial charge in [0.25, 0.3) is 5.69 Å². The molecule has 0 spiro atoms. The summed E-state index contributed by atoms with van der Waals surface area (Å²) in [5.74, 6) is -3.65. The number of halogens is 2. The van der Waals surface area contributed by atoms with Crippen LogP contribution in [0.3, 0.4) is 0 Å². The predicted molar refractivity (Wildman–Crippen MR) is 79.4 cm³/mol. The molecule has 0 bridgehead atoms. The lowest BCUT2D eigenvalue weighted by molar-refractivity contribution is -0.384. The Balaban J connectivity index is 2.28. The molecule has 0 fully saturated rings. The molecule has 2 rings (SSSR count). The molecule has 12 heteroatoms. The molecule has 0 aliphatic rings. The first-order valence-electron chi connectivity index (χ1n) is 6.61. The van der Waals surface area contributed by atoms with Gasteiger partial charge in [-0.15, -0.1) is 0 Å². The van der Waals surface area contributed by atoms with E-state index in [-0.39, 0.29) is 11.7 Å². The molecule has 1 atom stereocenters. The number of nitro benzene ring substituents is 1. The molecule has 0 radical (unpaired) electrons. The van der Waals surface area contributed by atoms with Gasteiger partial charge in [0.15, 0.2) is 0 Å². The second-order valence-corrected chi connectivity index (χ2v) is 6.82.